The average Bonchev–Trinajstić information content (AvgIpc) is 2.87. The van der Waals surface area contributed by atoms with Gasteiger partial charge in [-0.3, -0.25) is 0 Å². The van der Waals surface area contributed by atoms with Crippen LogP contribution in [0.1, 0.15) is 69.9 Å². The molecule has 4 nitrogen and oxygen atoms in total. The summed E-state index contributed by atoms with van der Waals surface area (Å²) in [6, 6.07) is 3.41. The number of halogens is 1. The first-order valence-corrected chi connectivity index (χ1v) is 10.9. The molecule has 2 aliphatic rings. The van der Waals surface area contributed by atoms with Crippen molar-refractivity contribution in [3.8, 4) is 0 Å². The molecule has 1 saturated heterocycles. The molecule has 1 aliphatic heterocycles. The van der Waals surface area contributed by atoms with E-state index >= 15 is 0 Å². The van der Waals surface area contributed by atoms with Crippen LogP contribution in [-0.4, -0.2) is 35.2 Å². The van der Waals surface area contributed by atoms with E-state index in [2.05, 4.69) is 34.2 Å². The molecule has 0 spiro atoms. The Bertz CT molecular complexity index is 625. The number of carbonyl (C=O) groups is 1. The Morgan fingerprint density at radius 3 is 2.84 bits per heavy atom. The minimum Gasteiger partial charge on any atom is -0.444 e. The zero-order chi connectivity index (χ0) is 18.2. The molecule has 25 heavy (non-hydrogen) atoms. The molecule has 3 atom stereocenters. The second-order valence-corrected chi connectivity index (χ2v) is 10.8. The molecule has 6 heteroatoms. The average molecular weight is 429 g/mol. The molecule has 2 heterocycles. The molecule has 1 aromatic heterocycles. The van der Waals surface area contributed by atoms with Gasteiger partial charge in [-0.25, -0.2) is 4.79 Å². The number of nitrogens with one attached hydrogen (secondary N) is 1. The molecule has 1 fully saturated rings. The minimum absolute atomic E-state index is 0.180. The number of likely N-dealkylation sites (tertiary alicyclic amines) is 1. The van der Waals surface area contributed by atoms with Crippen LogP contribution in [0.3, 0.4) is 0 Å². The van der Waals surface area contributed by atoms with Gasteiger partial charge in [-0.15, -0.1) is 11.3 Å². The SMILES string of the molecule is CC1CC(NC2CCCc3sc(Br)cc32)CCN1C(=O)OC(C)(C)C. The molecule has 0 bridgehead atoms. The van der Waals surface area contributed by atoms with Gasteiger partial charge in [0.15, 0.2) is 0 Å². The minimum atomic E-state index is -0.434. The van der Waals surface area contributed by atoms with Gasteiger partial charge in [0.25, 0.3) is 0 Å². The van der Waals surface area contributed by atoms with Gasteiger partial charge < -0.3 is 15.0 Å². The van der Waals surface area contributed by atoms with Crippen molar-refractivity contribution in [2.75, 3.05) is 6.54 Å². The largest absolute Gasteiger partial charge is 0.444 e. The fourth-order valence-electron chi connectivity index (χ4n) is 3.89. The third-order valence-corrected chi connectivity index (χ3v) is 6.74. The molecule has 0 saturated carbocycles. The van der Waals surface area contributed by atoms with E-state index in [1.54, 1.807) is 0 Å². The van der Waals surface area contributed by atoms with E-state index in [1.807, 2.05) is 37.0 Å². The second kappa shape index (κ2) is 7.57. The third kappa shape index (κ3) is 4.77. The summed E-state index contributed by atoms with van der Waals surface area (Å²) in [5, 5.41) is 3.87. The van der Waals surface area contributed by atoms with Crippen molar-refractivity contribution in [2.24, 2.45) is 0 Å². The number of fused-ring (bicyclic) bond motifs is 1. The van der Waals surface area contributed by atoms with E-state index < -0.39 is 5.60 Å². The lowest BCUT2D eigenvalue weighted by Crippen LogP contribution is -2.51. The maximum atomic E-state index is 12.4. The highest BCUT2D eigenvalue weighted by Crippen LogP contribution is 2.38. The van der Waals surface area contributed by atoms with Gasteiger partial charge in [0.1, 0.15) is 5.60 Å². The first kappa shape index (κ1) is 19.2. The highest BCUT2D eigenvalue weighted by Gasteiger charge is 2.33. The molecule has 1 aromatic rings. The van der Waals surface area contributed by atoms with Crippen LogP contribution in [0.25, 0.3) is 0 Å². The number of hydrogen-bond donors (Lipinski definition) is 1. The van der Waals surface area contributed by atoms with Gasteiger partial charge >= 0.3 is 6.09 Å². The molecular weight excluding hydrogens is 400 g/mol. The van der Waals surface area contributed by atoms with Crippen LogP contribution in [0.5, 0.6) is 0 Å². The number of ether oxygens (including phenoxy) is 1. The zero-order valence-corrected chi connectivity index (χ0v) is 18.0. The van der Waals surface area contributed by atoms with Crippen molar-refractivity contribution in [3.05, 3.63) is 20.3 Å². The van der Waals surface area contributed by atoms with Gasteiger partial charge in [0, 0.05) is 29.5 Å². The number of carbonyl (C=O) groups excluding carboxylic acids is 1. The Morgan fingerprint density at radius 2 is 2.16 bits per heavy atom. The summed E-state index contributed by atoms with van der Waals surface area (Å²) in [7, 11) is 0. The number of thiophene rings is 1. The Morgan fingerprint density at radius 1 is 1.40 bits per heavy atom. The highest BCUT2D eigenvalue weighted by molar-refractivity contribution is 9.11. The lowest BCUT2D eigenvalue weighted by atomic mass is 9.91. The fraction of sp³-hybridized carbons (Fsp3) is 0.737. The van der Waals surface area contributed by atoms with Crippen molar-refractivity contribution in [3.63, 3.8) is 0 Å². The molecule has 0 radical (unpaired) electrons. The van der Waals surface area contributed by atoms with E-state index in [9.17, 15) is 4.79 Å². The van der Waals surface area contributed by atoms with Gasteiger partial charge in [0.05, 0.1) is 3.79 Å². The highest BCUT2D eigenvalue weighted by atomic mass is 79.9. The van der Waals surface area contributed by atoms with Gasteiger partial charge in [0.2, 0.25) is 0 Å². The first-order chi connectivity index (χ1) is 11.7. The van der Waals surface area contributed by atoms with E-state index in [4.69, 9.17) is 4.74 Å². The van der Waals surface area contributed by atoms with E-state index in [0.717, 1.165) is 19.4 Å². The van der Waals surface area contributed by atoms with Crippen molar-refractivity contribution >= 4 is 33.4 Å². The Labute approximate surface area is 163 Å². The predicted molar refractivity (Wildman–Crippen MR) is 106 cm³/mol. The standard InChI is InChI=1S/C19H29BrN2O2S/c1-12-10-13(8-9-22(12)18(23)24-19(2,3)4)21-15-6-5-7-16-14(15)11-17(20)25-16/h11-13,15,21H,5-10H2,1-4H3. The lowest BCUT2D eigenvalue weighted by molar-refractivity contribution is 0.00890. The number of rotatable bonds is 2. The molecule has 1 amide bonds. The molecule has 140 valence electrons. The van der Waals surface area contributed by atoms with Crippen LogP contribution >= 0.6 is 27.3 Å². The number of nitrogens with zero attached hydrogens (tertiary/aromatic N) is 1. The normalized spacial score (nSPS) is 27.1. The summed E-state index contributed by atoms with van der Waals surface area (Å²) in [6.45, 7) is 8.66. The van der Waals surface area contributed by atoms with Crippen LogP contribution in [0.15, 0.2) is 9.85 Å². The molecule has 3 unspecified atom stereocenters. The van der Waals surface area contributed by atoms with E-state index in [0.29, 0.717) is 12.1 Å². The van der Waals surface area contributed by atoms with Crippen molar-refractivity contribution in [2.45, 2.75) is 83.5 Å². The van der Waals surface area contributed by atoms with Gasteiger partial charge in [-0.05, 0) is 87.4 Å². The summed E-state index contributed by atoms with van der Waals surface area (Å²) in [5.41, 5.74) is 1.04. The number of aryl methyl sites for hydroxylation is 1. The van der Waals surface area contributed by atoms with Crippen LogP contribution < -0.4 is 5.32 Å². The van der Waals surface area contributed by atoms with E-state index in [-0.39, 0.29) is 12.1 Å². The van der Waals surface area contributed by atoms with Crippen molar-refractivity contribution in [1.82, 2.24) is 10.2 Å². The van der Waals surface area contributed by atoms with Crippen LogP contribution in [0.2, 0.25) is 0 Å². The summed E-state index contributed by atoms with van der Waals surface area (Å²) in [5.74, 6) is 0. The molecule has 0 aromatic carbocycles. The van der Waals surface area contributed by atoms with Crippen molar-refractivity contribution in [1.29, 1.82) is 0 Å². The molecule has 1 aliphatic carbocycles. The zero-order valence-electron chi connectivity index (χ0n) is 15.6. The Kier molecular flexibility index (Phi) is 5.81. The first-order valence-electron chi connectivity index (χ1n) is 9.26. The van der Waals surface area contributed by atoms with Crippen LogP contribution in [0, 0.1) is 0 Å². The fourth-order valence-corrected chi connectivity index (χ4v) is 5.71. The quantitative estimate of drug-likeness (QED) is 0.697. The topological polar surface area (TPSA) is 41.6 Å². The Hall–Kier alpha value is -0.590. The van der Waals surface area contributed by atoms with Gasteiger partial charge in [-0.1, -0.05) is 0 Å². The smallest absolute Gasteiger partial charge is 0.410 e. The summed E-state index contributed by atoms with van der Waals surface area (Å²) in [6.07, 6.45) is 5.45. The van der Waals surface area contributed by atoms with Crippen molar-refractivity contribution < 1.29 is 9.53 Å². The molecular formula is C19H29BrN2O2S. The molecule has 1 N–H and O–H groups in total. The number of piperidine rings is 1. The second-order valence-electron chi connectivity index (χ2n) is 8.28. The maximum Gasteiger partial charge on any atom is 0.410 e. The number of hydrogen-bond acceptors (Lipinski definition) is 4. The monoisotopic (exact) mass is 428 g/mol. The summed E-state index contributed by atoms with van der Waals surface area (Å²) >= 11 is 5.51. The number of amides is 1. The van der Waals surface area contributed by atoms with Gasteiger partial charge in [-0.2, -0.15) is 0 Å². The van der Waals surface area contributed by atoms with Crippen LogP contribution in [-0.2, 0) is 11.2 Å². The van der Waals surface area contributed by atoms with E-state index in [1.165, 1.54) is 33.5 Å². The summed E-state index contributed by atoms with van der Waals surface area (Å²) < 4.78 is 6.78. The maximum absolute atomic E-state index is 12.4. The third-order valence-electron chi connectivity index (χ3n) is 5.02. The molecule has 3 rings (SSSR count). The predicted octanol–water partition coefficient (Wildman–Crippen LogP) is 5.27. The lowest BCUT2D eigenvalue weighted by Gasteiger charge is -2.40. The summed E-state index contributed by atoms with van der Waals surface area (Å²) in [4.78, 5) is 15.8. The Balaban J connectivity index is 1.58. The van der Waals surface area contributed by atoms with Crippen LogP contribution in [0.4, 0.5) is 4.79 Å².